The summed E-state index contributed by atoms with van der Waals surface area (Å²) < 4.78 is 0. The van der Waals surface area contributed by atoms with Gasteiger partial charge in [-0.1, -0.05) is 39.7 Å². The van der Waals surface area contributed by atoms with Crippen molar-refractivity contribution in [2.45, 2.75) is 125 Å². The van der Waals surface area contributed by atoms with E-state index < -0.39 is 22.8 Å². The zero-order valence-electron chi connectivity index (χ0n) is 26.4. The summed E-state index contributed by atoms with van der Waals surface area (Å²) in [5.74, 6) is -1.38. The van der Waals surface area contributed by atoms with Gasteiger partial charge in [-0.3, -0.25) is 19.3 Å². The minimum absolute atomic E-state index is 0.0226. The average Bonchev–Trinajstić information content (AvgIpc) is 2.91. The third kappa shape index (κ3) is 3.73. The molecule has 10 atom stereocenters. The highest BCUT2D eigenvalue weighted by molar-refractivity contribution is 5.96. The van der Waals surface area contributed by atoms with Crippen LogP contribution in [0.1, 0.15) is 119 Å². The summed E-state index contributed by atoms with van der Waals surface area (Å²) in [7, 11) is 0. The van der Waals surface area contributed by atoms with Crippen molar-refractivity contribution in [3.63, 3.8) is 0 Å². The van der Waals surface area contributed by atoms with Crippen LogP contribution in [0.5, 0.6) is 0 Å². The molecule has 0 aromatic heterocycles. The molecule has 5 fully saturated rings. The molecule has 0 spiro atoms. The van der Waals surface area contributed by atoms with E-state index in [0.29, 0.717) is 12.8 Å². The molecular formula is C35H53NO5. The van der Waals surface area contributed by atoms with Crippen LogP contribution >= 0.6 is 0 Å². The number of carbonyl (C=O) groups excluding carboxylic acids is 1. The largest absolute Gasteiger partial charge is 0.481 e. The number of carboxylic acid groups (broad SMARTS) is 2. The highest BCUT2D eigenvalue weighted by Gasteiger charge is 2.72. The maximum absolute atomic E-state index is 14.6. The second kappa shape index (κ2) is 9.16. The fraction of sp³-hybridized carbons (Fsp3) is 0.857. The SMILES string of the molecule is C[C@]1(C(=O)O)CC[C@]2(C)CC[C@]3(C)C(=CC(=O)[C@@H]4[C@@]5(C)CC[C@H](N6CCCCC6)[C@@](C)(C(=O)O)[C@@H]5CC[C@]43C)[C@@H]2C1. The van der Waals surface area contributed by atoms with Gasteiger partial charge in [-0.05, 0) is 137 Å². The topological polar surface area (TPSA) is 94.9 Å². The standard InChI is InChI=1S/C35H53NO5/c1-30-14-15-31(2,28(38)39)21-23(30)22-20-24(37)27-32(3)12-11-26(36-18-8-7-9-19-36)35(6,29(40)41)25(32)10-13-34(27,5)33(22,4)17-16-30/h20,23,25-27H,7-19,21H2,1-6H3,(H,38,39)(H,40,41)/t23-,25+,26-,27+,30+,31-,32-,33+,34+,35-/m0/s1. The summed E-state index contributed by atoms with van der Waals surface area (Å²) in [6, 6.07) is 0.0226. The molecule has 0 aromatic rings. The van der Waals surface area contributed by atoms with Crippen molar-refractivity contribution in [1.82, 2.24) is 4.90 Å². The Labute approximate surface area is 246 Å². The number of piperidine rings is 1. The molecule has 0 unspecified atom stereocenters. The van der Waals surface area contributed by atoms with Crippen molar-refractivity contribution in [1.29, 1.82) is 0 Å². The molecule has 0 amide bonds. The van der Waals surface area contributed by atoms with Gasteiger partial charge in [-0.25, -0.2) is 0 Å². The first-order valence-corrected chi connectivity index (χ1v) is 16.5. The summed E-state index contributed by atoms with van der Waals surface area (Å²) in [5.41, 5.74) is -1.24. The van der Waals surface area contributed by atoms with Gasteiger partial charge in [0.2, 0.25) is 0 Å². The van der Waals surface area contributed by atoms with Crippen LogP contribution in [0.2, 0.25) is 0 Å². The van der Waals surface area contributed by atoms with Crippen LogP contribution in [-0.2, 0) is 14.4 Å². The quantitative estimate of drug-likeness (QED) is 0.382. The molecule has 228 valence electrons. The van der Waals surface area contributed by atoms with Crippen LogP contribution in [0, 0.1) is 50.2 Å². The van der Waals surface area contributed by atoms with Gasteiger partial charge in [0.05, 0.1) is 10.8 Å². The van der Waals surface area contributed by atoms with Crippen LogP contribution < -0.4 is 0 Å². The Kier molecular flexibility index (Phi) is 6.56. The molecule has 41 heavy (non-hydrogen) atoms. The van der Waals surface area contributed by atoms with Gasteiger partial charge in [0.15, 0.2) is 5.78 Å². The van der Waals surface area contributed by atoms with E-state index in [-0.39, 0.29) is 51.2 Å². The molecule has 6 nitrogen and oxygen atoms in total. The van der Waals surface area contributed by atoms with Crippen LogP contribution in [-0.4, -0.2) is 52.0 Å². The van der Waals surface area contributed by atoms with Crippen LogP contribution in [0.4, 0.5) is 0 Å². The molecule has 2 N–H and O–H groups in total. The minimum atomic E-state index is -0.880. The Morgan fingerprint density at radius 3 is 2.12 bits per heavy atom. The lowest BCUT2D eigenvalue weighted by Crippen LogP contribution is -2.69. The van der Waals surface area contributed by atoms with Gasteiger partial charge in [-0.15, -0.1) is 0 Å². The van der Waals surface area contributed by atoms with E-state index in [1.807, 2.05) is 19.9 Å². The van der Waals surface area contributed by atoms with E-state index in [4.69, 9.17) is 0 Å². The van der Waals surface area contributed by atoms with Gasteiger partial charge < -0.3 is 10.2 Å². The molecule has 6 rings (SSSR count). The lowest BCUT2D eigenvalue weighted by molar-refractivity contribution is -0.209. The first kappa shape index (κ1) is 29.4. The monoisotopic (exact) mass is 567 g/mol. The Bertz CT molecular complexity index is 1190. The maximum atomic E-state index is 14.6. The molecule has 0 radical (unpaired) electrons. The number of hydrogen-bond acceptors (Lipinski definition) is 4. The first-order chi connectivity index (χ1) is 19.1. The van der Waals surface area contributed by atoms with E-state index in [2.05, 4.69) is 32.6 Å². The second-order valence-electron chi connectivity index (χ2n) is 16.8. The highest BCUT2D eigenvalue weighted by atomic mass is 16.4. The van der Waals surface area contributed by atoms with E-state index in [9.17, 15) is 24.6 Å². The molecule has 6 aliphatic rings. The number of allylic oxidation sites excluding steroid dienone is 2. The van der Waals surface area contributed by atoms with Crippen LogP contribution in [0.15, 0.2) is 11.6 Å². The molecule has 1 aliphatic heterocycles. The highest BCUT2D eigenvalue weighted by Crippen LogP contribution is 2.75. The lowest BCUT2D eigenvalue weighted by atomic mass is 9.33. The summed E-state index contributed by atoms with van der Waals surface area (Å²) in [6.45, 7) is 15.2. The molecular weight excluding hydrogens is 514 g/mol. The molecule has 4 saturated carbocycles. The molecule has 5 aliphatic carbocycles. The number of likely N-dealkylation sites (tertiary alicyclic amines) is 1. The second-order valence-corrected chi connectivity index (χ2v) is 16.8. The fourth-order valence-electron chi connectivity index (χ4n) is 12.1. The third-order valence-corrected chi connectivity index (χ3v) is 15.0. The summed E-state index contributed by atoms with van der Waals surface area (Å²) in [4.78, 5) is 42.7. The van der Waals surface area contributed by atoms with Gasteiger partial charge in [0.25, 0.3) is 0 Å². The van der Waals surface area contributed by atoms with Gasteiger partial charge in [0, 0.05) is 12.0 Å². The molecule has 0 bridgehead atoms. The smallest absolute Gasteiger partial charge is 0.311 e. The number of carbonyl (C=O) groups is 3. The number of aliphatic carboxylic acids is 2. The van der Waals surface area contributed by atoms with Crippen molar-refractivity contribution >= 4 is 17.7 Å². The number of rotatable bonds is 3. The van der Waals surface area contributed by atoms with E-state index in [1.54, 1.807) is 0 Å². The van der Waals surface area contributed by atoms with Gasteiger partial charge >= 0.3 is 11.9 Å². The molecule has 1 saturated heterocycles. The third-order valence-electron chi connectivity index (χ3n) is 15.0. The summed E-state index contributed by atoms with van der Waals surface area (Å²) in [6.07, 6.45) is 13.1. The molecule has 1 heterocycles. The first-order valence-electron chi connectivity index (χ1n) is 16.5. The molecule has 6 heteroatoms. The van der Waals surface area contributed by atoms with Gasteiger partial charge in [0.1, 0.15) is 0 Å². The van der Waals surface area contributed by atoms with E-state index in [1.165, 1.54) is 12.0 Å². The Hall–Kier alpha value is -1.69. The zero-order chi connectivity index (χ0) is 29.8. The summed E-state index contributed by atoms with van der Waals surface area (Å²) >= 11 is 0. The van der Waals surface area contributed by atoms with E-state index >= 15 is 0 Å². The molecule has 0 aromatic carbocycles. The van der Waals surface area contributed by atoms with Crippen molar-refractivity contribution in [2.24, 2.45) is 50.2 Å². The normalized spacial score (nSPS) is 51.9. The number of fused-ring (bicyclic) bond motifs is 7. The van der Waals surface area contributed by atoms with Crippen molar-refractivity contribution < 1.29 is 24.6 Å². The Balaban J connectivity index is 1.42. The van der Waals surface area contributed by atoms with Crippen LogP contribution in [0.3, 0.4) is 0 Å². The predicted molar refractivity (Wildman–Crippen MR) is 158 cm³/mol. The number of ketones is 1. The van der Waals surface area contributed by atoms with Gasteiger partial charge in [-0.2, -0.15) is 0 Å². The van der Waals surface area contributed by atoms with Crippen molar-refractivity contribution in [2.75, 3.05) is 13.1 Å². The van der Waals surface area contributed by atoms with E-state index in [0.717, 1.165) is 70.9 Å². The Morgan fingerprint density at radius 1 is 0.829 bits per heavy atom. The Morgan fingerprint density at radius 2 is 1.49 bits per heavy atom. The number of hydrogen-bond donors (Lipinski definition) is 2. The number of nitrogens with zero attached hydrogens (tertiary/aromatic N) is 1. The predicted octanol–water partition coefficient (Wildman–Crippen LogP) is 6.97. The van der Waals surface area contributed by atoms with Crippen molar-refractivity contribution in [3.05, 3.63) is 11.6 Å². The maximum Gasteiger partial charge on any atom is 0.311 e. The minimum Gasteiger partial charge on any atom is -0.481 e. The fourth-order valence-corrected chi connectivity index (χ4v) is 12.1. The average molecular weight is 568 g/mol. The summed E-state index contributed by atoms with van der Waals surface area (Å²) in [5, 5.41) is 21.1. The van der Waals surface area contributed by atoms with Crippen LogP contribution in [0.25, 0.3) is 0 Å². The lowest BCUT2D eigenvalue weighted by Gasteiger charge is -2.70. The zero-order valence-corrected chi connectivity index (χ0v) is 26.4. The number of carboxylic acids is 2. The van der Waals surface area contributed by atoms with Crippen molar-refractivity contribution in [3.8, 4) is 0 Å².